The van der Waals surface area contributed by atoms with Gasteiger partial charge in [0.15, 0.2) is 0 Å². The molecule has 1 spiro atoms. The molecule has 34 heavy (non-hydrogen) atoms. The van der Waals surface area contributed by atoms with E-state index in [1.165, 1.54) is 5.56 Å². The predicted octanol–water partition coefficient (Wildman–Crippen LogP) is 1.82. The maximum absolute atomic E-state index is 10.7. The largest absolute Gasteiger partial charge is 0.357 e. The first-order valence-electron chi connectivity index (χ1n) is 12.4. The second-order valence-corrected chi connectivity index (χ2v) is 10.6. The lowest BCUT2D eigenvalue weighted by Gasteiger charge is -2.51. The Hall–Kier alpha value is -2.68. The first-order chi connectivity index (χ1) is 16.4. The number of aliphatic imine (C=N–C) groups is 1. The van der Waals surface area contributed by atoms with Crippen molar-refractivity contribution in [3.63, 3.8) is 0 Å². The molecule has 5 rings (SSSR count). The van der Waals surface area contributed by atoms with E-state index >= 15 is 0 Å². The molecule has 8 heteroatoms. The molecular weight excluding hydrogens is 426 g/mol. The highest BCUT2D eigenvalue weighted by Gasteiger charge is 2.53. The third-order valence-electron chi connectivity index (χ3n) is 8.20. The average molecular weight is 464 g/mol. The standard InChI is InChI=1S/C26H37N7O/c1-18(33-10-7-26(8-11-33)12-20(27)13-26)30-24(6-9-29-17-34)31-21-4-2-19(3-5-21)14-32-15-22-23(16-32)25(22)28/h2-6,9,17,20,22-23,25H,1,7-8,10-16,27-28H2,(H,29,34)(H,30,31)/b9-6-. The van der Waals surface area contributed by atoms with Crippen LogP contribution in [0.1, 0.15) is 31.2 Å². The van der Waals surface area contributed by atoms with Gasteiger partial charge in [0, 0.05) is 56.7 Å². The van der Waals surface area contributed by atoms with Gasteiger partial charge in [0.25, 0.3) is 0 Å². The fraction of sp³-hybridized carbons (Fsp3) is 0.538. The van der Waals surface area contributed by atoms with Crippen molar-refractivity contribution >= 4 is 17.9 Å². The molecule has 2 unspecified atom stereocenters. The summed E-state index contributed by atoms with van der Waals surface area (Å²) >= 11 is 0. The number of piperidine rings is 2. The Balaban J connectivity index is 1.18. The van der Waals surface area contributed by atoms with Gasteiger partial charge in [-0.05, 0) is 66.7 Å². The zero-order valence-electron chi connectivity index (χ0n) is 19.8. The smallest absolute Gasteiger partial charge is 0.211 e. The van der Waals surface area contributed by atoms with Gasteiger partial charge in [0.1, 0.15) is 11.7 Å². The first-order valence-corrected chi connectivity index (χ1v) is 12.4. The maximum atomic E-state index is 10.7. The van der Waals surface area contributed by atoms with Crippen LogP contribution in [-0.2, 0) is 11.3 Å². The summed E-state index contributed by atoms with van der Waals surface area (Å²) in [5.41, 5.74) is 14.8. The molecule has 4 fully saturated rings. The predicted molar refractivity (Wildman–Crippen MR) is 136 cm³/mol. The SMILES string of the molecule is C=C(N=C(/C=C\NC=O)Nc1ccc(CN2CC3C(N)C3C2)cc1)N1CCC2(CC1)CC(N)C2. The summed E-state index contributed by atoms with van der Waals surface area (Å²) in [4.78, 5) is 20.2. The third kappa shape index (κ3) is 5.04. The summed E-state index contributed by atoms with van der Waals surface area (Å²) in [5, 5.41) is 5.92. The molecule has 1 amide bonds. The Bertz CT molecular complexity index is 944. The number of carbonyl (C=O) groups excluding carboxylic acids is 1. The number of nitrogens with zero attached hydrogens (tertiary/aromatic N) is 3. The molecule has 4 aliphatic rings. The van der Waals surface area contributed by atoms with Crippen LogP contribution >= 0.6 is 0 Å². The molecule has 2 aliphatic heterocycles. The molecule has 2 saturated heterocycles. The van der Waals surface area contributed by atoms with Crippen molar-refractivity contribution in [2.24, 2.45) is 33.7 Å². The van der Waals surface area contributed by atoms with E-state index in [-0.39, 0.29) is 0 Å². The number of hydrogen-bond acceptors (Lipinski definition) is 6. The zero-order chi connectivity index (χ0) is 23.7. The van der Waals surface area contributed by atoms with Crippen LogP contribution in [0, 0.1) is 17.3 Å². The topological polar surface area (TPSA) is 112 Å². The van der Waals surface area contributed by atoms with Crippen LogP contribution in [0.15, 0.2) is 53.9 Å². The lowest BCUT2D eigenvalue weighted by molar-refractivity contribution is -0.108. The van der Waals surface area contributed by atoms with Crippen LogP contribution in [0.4, 0.5) is 5.69 Å². The fourth-order valence-electron chi connectivity index (χ4n) is 6.07. The molecule has 1 aromatic rings. The highest BCUT2D eigenvalue weighted by Crippen LogP contribution is 2.48. The summed E-state index contributed by atoms with van der Waals surface area (Å²) in [5.74, 6) is 2.78. The third-order valence-corrected chi connectivity index (χ3v) is 8.20. The Kier molecular flexibility index (Phi) is 6.46. The molecule has 8 nitrogen and oxygen atoms in total. The van der Waals surface area contributed by atoms with Gasteiger partial charge in [0.2, 0.25) is 6.41 Å². The van der Waals surface area contributed by atoms with Gasteiger partial charge in [-0.3, -0.25) is 9.69 Å². The Morgan fingerprint density at radius 2 is 1.82 bits per heavy atom. The van der Waals surface area contributed by atoms with Crippen molar-refractivity contribution in [2.45, 2.75) is 44.3 Å². The molecule has 0 aromatic heterocycles. The van der Waals surface area contributed by atoms with Gasteiger partial charge in [-0.1, -0.05) is 18.7 Å². The van der Waals surface area contributed by atoms with Gasteiger partial charge in [-0.15, -0.1) is 0 Å². The molecule has 2 atom stereocenters. The lowest BCUT2D eigenvalue weighted by Crippen LogP contribution is -2.51. The number of carbonyl (C=O) groups is 1. The molecule has 2 aliphatic carbocycles. The molecule has 1 aromatic carbocycles. The van der Waals surface area contributed by atoms with Crippen LogP contribution < -0.4 is 22.1 Å². The zero-order valence-corrected chi connectivity index (χ0v) is 19.8. The van der Waals surface area contributed by atoms with E-state index in [2.05, 4.69) is 51.3 Å². The fourth-order valence-corrected chi connectivity index (χ4v) is 6.07. The second kappa shape index (κ2) is 9.52. The minimum atomic E-state index is 0.379. The highest BCUT2D eigenvalue weighted by molar-refractivity contribution is 6.04. The van der Waals surface area contributed by atoms with Crippen LogP contribution in [0.5, 0.6) is 0 Å². The van der Waals surface area contributed by atoms with Crippen molar-refractivity contribution in [3.05, 3.63) is 54.5 Å². The first kappa shape index (κ1) is 23.1. The number of amidine groups is 1. The minimum absolute atomic E-state index is 0.379. The second-order valence-electron chi connectivity index (χ2n) is 10.6. The van der Waals surface area contributed by atoms with Gasteiger partial charge < -0.3 is 27.0 Å². The van der Waals surface area contributed by atoms with Crippen molar-refractivity contribution < 1.29 is 4.79 Å². The van der Waals surface area contributed by atoms with Crippen LogP contribution in [0.3, 0.4) is 0 Å². The van der Waals surface area contributed by atoms with E-state index in [0.717, 1.165) is 69.9 Å². The average Bonchev–Trinajstić information content (AvgIpc) is 3.20. The quantitative estimate of drug-likeness (QED) is 0.266. The van der Waals surface area contributed by atoms with Crippen molar-refractivity contribution in [2.75, 3.05) is 31.5 Å². The van der Waals surface area contributed by atoms with E-state index in [1.54, 1.807) is 12.3 Å². The Morgan fingerprint density at radius 3 is 2.44 bits per heavy atom. The summed E-state index contributed by atoms with van der Waals surface area (Å²) in [6.07, 6.45) is 8.55. The molecule has 2 heterocycles. The molecule has 182 valence electrons. The summed E-state index contributed by atoms with van der Waals surface area (Å²) in [7, 11) is 0. The number of hydrogen-bond donors (Lipinski definition) is 4. The van der Waals surface area contributed by atoms with E-state index in [9.17, 15) is 4.79 Å². The van der Waals surface area contributed by atoms with E-state index in [4.69, 9.17) is 16.5 Å². The molecule has 0 bridgehead atoms. The van der Waals surface area contributed by atoms with Gasteiger partial charge >= 0.3 is 0 Å². The maximum Gasteiger partial charge on any atom is 0.211 e. The van der Waals surface area contributed by atoms with Crippen LogP contribution in [0.25, 0.3) is 0 Å². The van der Waals surface area contributed by atoms with Crippen molar-refractivity contribution in [1.82, 2.24) is 15.1 Å². The molecule has 0 radical (unpaired) electrons. The summed E-state index contributed by atoms with van der Waals surface area (Å²) in [6.45, 7) is 9.32. The lowest BCUT2D eigenvalue weighted by atomic mass is 9.61. The molecule has 6 N–H and O–H groups in total. The van der Waals surface area contributed by atoms with Crippen LogP contribution in [0.2, 0.25) is 0 Å². The van der Waals surface area contributed by atoms with E-state index in [1.807, 2.05) is 0 Å². The van der Waals surface area contributed by atoms with E-state index in [0.29, 0.717) is 41.6 Å². The van der Waals surface area contributed by atoms with Gasteiger partial charge in [-0.25, -0.2) is 4.99 Å². The summed E-state index contributed by atoms with van der Waals surface area (Å²) in [6, 6.07) is 9.26. The minimum Gasteiger partial charge on any atom is -0.357 e. The molecule has 2 saturated carbocycles. The Morgan fingerprint density at radius 1 is 1.15 bits per heavy atom. The number of nitrogens with one attached hydrogen (secondary N) is 2. The van der Waals surface area contributed by atoms with E-state index < -0.39 is 0 Å². The van der Waals surface area contributed by atoms with Crippen molar-refractivity contribution in [3.8, 4) is 0 Å². The van der Waals surface area contributed by atoms with Gasteiger partial charge in [-0.2, -0.15) is 0 Å². The number of benzene rings is 1. The number of amides is 1. The molecular formula is C26H37N7O. The normalized spacial score (nSPS) is 28.6. The van der Waals surface area contributed by atoms with Gasteiger partial charge in [0.05, 0.1) is 0 Å². The number of nitrogens with two attached hydrogens (primary N) is 2. The summed E-state index contributed by atoms with van der Waals surface area (Å²) < 4.78 is 0. The van der Waals surface area contributed by atoms with Crippen molar-refractivity contribution in [1.29, 1.82) is 0 Å². The van der Waals surface area contributed by atoms with Crippen LogP contribution in [-0.4, -0.2) is 60.3 Å². The highest BCUT2D eigenvalue weighted by atomic mass is 16.1. The number of anilines is 1. The number of fused-ring (bicyclic) bond motifs is 1. The number of likely N-dealkylation sites (tertiary alicyclic amines) is 2. The number of rotatable bonds is 8. The Labute approximate surface area is 202 Å². The monoisotopic (exact) mass is 463 g/mol.